The number of benzene rings is 1. The van der Waals surface area contributed by atoms with Gasteiger partial charge in [-0.25, -0.2) is 0 Å². The zero-order valence-corrected chi connectivity index (χ0v) is 19.2. The molecular formula is C20H35IN4O. The van der Waals surface area contributed by atoms with Gasteiger partial charge in [-0.1, -0.05) is 45.0 Å². The van der Waals surface area contributed by atoms with Gasteiger partial charge in [0.1, 0.15) is 0 Å². The molecule has 0 saturated carbocycles. The highest BCUT2D eigenvalue weighted by Crippen LogP contribution is 2.22. The van der Waals surface area contributed by atoms with E-state index in [0.717, 1.165) is 45.2 Å². The summed E-state index contributed by atoms with van der Waals surface area (Å²) in [6, 6.07) is 8.92. The van der Waals surface area contributed by atoms with Gasteiger partial charge in [0.15, 0.2) is 5.96 Å². The normalized spacial score (nSPS) is 19.0. The maximum atomic E-state index is 5.79. The van der Waals surface area contributed by atoms with Gasteiger partial charge in [-0.2, -0.15) is 0 Å². The second kappa shape index (κ2) is 11.1. The van der Waals surface area contributed by atoms with E-state index >= 15 is 0 Å². The Balaban J connectivity index is 0.00000338. The standard InChI is InChI=1S/C20H34N4O.HI/c1-6-16-7-9-17(10-8-16)20(2,3)15-23-19(21-4)22-13-18-14-24(5)11-12-25-18;/h7-10,18H,6,11-15H2,1-5H3,(H2,21,22,23);1H. The largest absolute Gasteiger partial charge is 0.374 e. The van der Waals surface area contributed by atoms with Crippen LogP contribution in [-0.4, -0.2) is 63.8 Å². The van der Waals surface area contributed by atoms with E-state index in [-0.39, 0.29) is 35.5 Å². The van der Waals surface area contributed by atoms with Crippen molar-refractivity contribution in [2.75, 3.05) is 46.9 Å². The Labute approximate surface area is 176 Å². The number of nitrogens with zero attached hydrogens (tertiary/aromatic N) is 2. The Morgan fingerprint density at radius 1 is 1.27 bits per heavy atom. The lowest BCUT2D eigenvalue weighted by Gasteiger charge is -2.31. The molecule has 1 unspecified atom stereocenters. The van der Waals surface area contributed by atoms with Gasteiger partial charge < -0.3 is 20.3 Å². The molecule has 1 saturated heterocycles. The van der Waals surface area contributed by atoms with E-state index in [1.807, 2.05) is 7.05 Å². The summed E-state index contributed by atoms with van der Waals surface area (Å²) in [6.45, 7) is 11.1. The molecule has 2 N–H and O–H groups in total. The molecule has 2 rings (SSSR count). The zero-order chi connectivity index (χ0) is 18.3. The molecule has 5 nitrogen and oxygen atoms in total. The maximum Gasteiger partial charge on any atom is 0.191 e. The van der Waals surface area contributed by atoms with Crippen LogP contribution in [0.2, 0.25) is 0 Å². The van der Waals surface area contributed by atoms with Crippen molar-refractivity contribution in [3.8, 4) is 0 Å². The van der Waals surface area contributed by atoms with Crippen molar-refractivity contribution in [2.24, 2.45) is 4.99 Å². The fraction of sp³-hybridized carbons (Fsp3) is 0.650. The molecule has 1 fully saturated rings. The predicted octanol–water partition coefficient (Wildman–Crippen LogP) is 2.64. The lowest BCUT2D eigenvalue weighted by atomic mass is 9.84. The number of likely N-dealkylation sites (N-methyl/N-ethyl adjacent to an activating group) is 1. The zero-order valence-electron chi connectivity index (χ0n) is 16.8. The molecule has 1 aliphatic heterocycles. The van der Waals surface area contributed by atoms with E-state index in [4.69, 9.17) is 4.74 Å². The summed E-state index contributed by atoms with van der Waals surface area (Å²) in [6.07, 6.45) is 1.29. The quantitative estimate of drug-likeness (QED) is 0.378. The van der Waals surface area contributed by atoms with E-state index in [9.17, 15) is 0 Å². The highest BCUT2D eigenvalue weighted by molar-refractivity contribution is 14.0. The molecule has 148 valence electrons. The minimum atomic E-state index is 0. The smallest absolute Gasteiger partial charge is 0.191 e. The Hall–Kier alpha value is -0.860. The molecule has 0 aliphatic carbocycles. The van der Waals surface area contributed by atoms with Gasteiger partial charge in [-0.05, 0) is 24.6 Å². The number of rotatable bonds is 6. The molecule has 0 amide bonds. The summed E-state index contributed by atoms with van der Waals surface area (Å²) in [4.78, 5) is 6.64. The highest BCUT2D eigenvalue weighted by Gasteiger charge is 2.22. The topological polar surface area (TPSA) is 48.9 Å². The van der Waals surface area contributed by atoms with Crippen molar-refractivity contribution >= 4 is 29.9 Å². The number of hydrogen-bond acceptors (Lipinski definition) is 3. The van der Waals surface area contributed by atoms with Crippen LogP contribution in [0.1, 0.15) is 31.9 Å². The lowest BCUT2D eigenvalue weighted by Crippen LogP contribution is -2.49. The van der Waals surface area contributed by atoms with Gasteiger partial charge in [0.25, 0.3) is 0 Å². The average molecular weight is 474 g/mol. The van der Waals surface area contributed by atoms with Gasteiger partial charge in [0, 0.05) is 38.6 Å². The van der Waals surface area contributed by atoms with Gasteiger partial charge in [-0.15, -0.1) is 24.0 Å². The summed E-state index contributed by atoms with van der Waals surface area (Å²) < 4.78 is 5.79. The highest BCUT2D eigenvalue weighted by atomic mass is 127. The number of guanidine groups is 1. The molecule has 1 aromatic rings. The van der Waals surface area contributed by atoms with Gasteiger partial charge >= 0.3 is 0 Å². The fourth-order valence-corrected chi connectivity index (χ4v) is 3.02. The van der Waals surface area contributed by atoms with Gasteiger partial charge in [0.2, 0.25) is 0 Å². The van der Waals surface area contributed by atoms with Gasteiger partial charge in [0.05, 0.1) is 12.7 Å². The SMILES string of the molecule is CCc1ccc(C(C)(C)CNC(=NC)NCC2CN(C)CCO2)cc1.I. The number of halogens is 1. The first-order valence-corrected chi connectivity index (χ1v) is 9.28. The van der Waals surface area contributed by atoms with Crippen LogP contribution < -0.4 is 10.6 Å². The third-order valence-electron chi connectivity index (χ3n) is 4.90. The van der Waals surface area contributed by atoms with Crippen molar-refractivity contribution in [3.63, 3.8) is 0 Å². The molecule has 1 atom stereocenters. The second-order valence-corrected chi connectivity index (χ2v) is 7.50. The van der Waals surface area contributed by atoms with E-state index in [2.05, 4.69) is 72.6 Å². The van der Waals surface area contributed by atoms with E-state index in [0.29, 0.717) is 0 Å². The average Bonchev–Trinajstić information content (AvgIpc) is 2.62. The van der Waals surface area contributed by atoms with Crippen LogP contribution in [0.15, 0.2) is 29.3 Å². The summed E-state index contributed by atoms with van der Waals surface area (Å²) in [5.74, 6) is 0.829. The number of aliphatic imine (C=N–C) groups is 1. The summed E-state index contributed by atoms with van der Waals surface area (Å²) in [5.41, 5.74) is 2.75. The van der Waals surface area contributed by atoms with Crippen molar-refractivity contribution < 1.29 is 4.74 Å². The number of aryl methyl sites for hydroxylation is 1. The maximum absolute atomic E-state index is 5.79. The minimum Gasteiger partial charge on any atom is -0.374 e. The van der Waals surface area contributed by atoms with Crippen LogP contribution >= 0.6 is 24.0 Å². The Bertz CT molecular complexity index is 559. The number of nitrogens with one attached hydrogen (secondary N) is 2. The summed E-state index contributed by atoms with van der Waals surface area (Å²) in [7, 11) is 3.95. The van der Waals surface area contributed by atoms with Crippen molar-refractivity contribution in [2.45, 2.75) is 38.7 Å². The molecule has 1 aliphatic rings. The first kappa shape index (κ1) is 23.2. The fourth-order valence-electron chi connectivity index (χ4n) is 3.02. The molecule has 1 aromatic carbocycles. The van der Waals surface area contributed by atoms with Crippen molar-refractivity contribution in [3.05, 3.63) is 35.4 Å². The van der Waals surface area contributed by atoms with Crippen LogP contribution in [-0.2, 0) is 16.6 Å². The molecule has 6 heteroatoms. The molecule has 0 radical (unpaired) electrons. The number of morpholine rings is 1. The van der Waals surface area contributed by atoms with Crippen LogP contribution in [0.4, 0.5) is 0 Å². The first-order valence-electron chi connectivity index (χ1n) is 9.28. The first-order chi connectivity index (χ1) is 11.9. The molecule has 0 spiro atoms. The lowest BCUT2D eigenvalue weighted by molar-refractivity contribution is -0.0161. The number of hydrogen-bond donors (Lipinski definition) is 2. The van der Waals surface area contributed by atoms with Crippen LogP contribution in [0, 0.1) is 0 Å². The van der Waals surface area contributed by atoms with Gasteiger partial charge in [-0.3, -0.25) is 4.99 Å². The third-order valence-corrected chi connectivity index (χ3v) is 4.90. The predicted molar refractivity (Wildman–Crippen MR) is 121 cm³/mol. The molecular weight excluding hydrogens is 439 g/mol. The number of ether oxygens (including phenoxy) is 1. The third kappa shape index (κ3) is 7.04. The van der Waals surface area contributed by atoms with E-state index in [1.165, 1.54) is 11.1 Å². The minimum absolute atomic E-state index is 0. The Morgan fingerprint density at radius 2 is 1.96 bits per heavy atom. The Kier molecular flexibility index (Phi) is 9.89. The van der Waals surface area contributed by atoms with Crippen LogP contribution in [0.3, 0.4) is 0 Å². The molecule has 0 bridgehead atoms. The van der Waals surface area contributed by atoms with Crippen LogP contribution in [0.25, 0.3) is 0 Å². The molecule has 1 heterocycles. The second-order valence-electron chi connectivity index (χ2n) is 7.50. The van der Waals surface area contributed by atoms with E-state index < -0.39 is 0 Å². The van der Waals surface area contributed by atoms with E-state index in [1.54, 1.807) is 0 Å². The Morgan fingerprint density at radius 3 is 2.54 bits per heavy atom. The monoisotopic (exact) mass is 474 g/mol. The summed E-state index contributed by atoms with van der Waals surface area (Å²) >= 11 is 0. The van der Waals surface area contributed by atoms with Crippen molar-refractivity contribution in [1.82, 2.24) is 15.5 Å². The molecule has 0 aromatic heterocycles. The molecule has 26 heavy (non-hydrogen) atoms. The van der Waals surface area contributed by atoms with Crippen LogP contribution in [0.5, 0.6) is 0 Å². The van der Waals surface area contributed by atoms with Crippen molar-refractivity contribution in [1.29, 1.82) is 0 Å². The summed E-state index contributed by atoms with van der Waals surface area (Å²) in [5, 5.41) is 6.85.